The third kappa shape index (κ3) is 4.66. The largest absolute Gasteiger partial charge is 0.477 e. The molecule has 0 saturated heterocycles. The SMILES string of the molecule is [B]c1oc(C(CC=C)Oc2ccc(F)c(C(N)=O)c2F)nc1-c1ccc(C(F)(F)F)cc1. The van der Waals surface area contributed by atoms with E-state index in [2.05, 4.69) is 11.6 Å². The molecule has 2 aromatic carbocycles. The van der Waals surface area contributed by atoms with E-state index in [1.54, 1.807) is 0 Å². The number of rotatable bonds is 7. The zero-order valence-electron chi connectivity index (χ0n) is 16.2. The number of ether oxygens (including phenoxy) is 1. The molecule has 0 bridgehead atoms. The van der Waals surface area contributed by atoms with Gasteiger partial charge in [0, 0.05) is 12.0 Å². The fourth-order valence-electron chi connectivity index (χ4n) is 2.86. The molecule has 1 aromatic heterocycles. The zero-order chi connectivity index (χ0) is 23.6. The topological polar surface area (TPSA) is 78.4 Å². The van der Waals surface area contributed by atoms with Gasteiger partial charge in [-0.15, -0.1) is 6.58 Å². The van der Waals surface area contributed by atoms with E-state index in [1.165, 1.54) is 18.2 Å². The van der Waals surface area contributed by atoms with Crippen LogP contribution in [0, 0.1) is 11.6 Å². The highest BCUT2D eigenvalue weighted by atomic mass is 19.4. The Morgan fingerprint density at radius 1 is 1.22 bits per heavy atom. The molecular formula is C21H14BF5N2O3. The van der Waals surface area contributed by atoms with Gasteiger partial charge in [0.25, 0.3) is 5.91 Å². The standard InChI is InChI=1S/C21H14BF5N2O3/c1-2-3-14(31-13-9-8-12(23)15(16(13)24)19(28)30)20-29-17(18(22)32-20)10-4-6-11(7-5-10)21(25,26)27/h2,4-9,14H,1,3H2,(H2,28,30). The molecule has 11 heteroatoms. The van der Waals surface area contributed by atoms with Gasteiger partial charge < -0.3 is 14.9 Å². The van der Waals surface area contributed by atoms with Gasteiger partial charge in [-0.25, -0.2) is 13.8 Å². The number of alkyl halides is 3. The van der Waals surface area contributed by atoms with Gasteiger partial charge in [0.05, 0.1) is 11.2 Å². The van der Waals surface area contributed by atoms with Crippen LogP contribution in [0.3, 0.4) is 0 Å². The minimum atomic E-state index is -4.51. The average Bonchev–Trinajstić information content (AvgIpc) is 3.10. The summed E-state index contributed by atoms with van der Waals surface area (Å²) in [6, 6.07) is 5.82. The first-order chi connectivity index (χ1) is 15.0. The summed E-state index contributed by atoms with van der Waals surface area (Å²) in [5, 5.41) is 0. The fraction of sp³-hybridized carbons (Fsp3) is 0.143. The lowest BCUT2D eigenvalue weighted by atomic mass is 9.98. The van der Waals surface area contributed by atoms with E-state index < -0.39 is 46.7 Å². The van der Waals surface area contributed by atoms with Crippen LogP contribution in [0.25, 0.3) is 11.3 Å². The summed E-state index contributed by atoms with van der Waals surface area (Å²) >= 11 is 0. The van der Waals surface area contributed by atoms with Gasteiger partial charge in [-0.3, -0.25) is 4.79 Å². The predicted octanol–water partition coefficient (Wildman–Crippen LogP) is 4.23. The Labute approximate surface area is 180 Å². The maximum atomic E-state index is 14.5. The van der Waals surface area contributed by atoms with Crippen molar-refractivity contribution in [2.45, 2.75) is 18.7 Å². The normalized spacial score (nSPS) is 12.4. The van der Waals surface area contributed by atoms with Gasteiger partial charge in [0.15, 0.2) is 25.5 Å². The van der Waals surface area contributed by atoms with Crippen molar-refractivity contribution in [1.82, 2.24) is 4.98 Å². The van der Waals surface area contributed by atoms with E-state index >= 15 is 0 Å². The molecule has 1 unspecified atom stereocenters. The van der Waals surface area contributed by atoms with Crippen molar-refractivity contribution in [3.8, 4) is 17.0 Å². The second kappa shape index (κ2) is 8.85. The lowest BCUT2D eigenvalue weighted by Crippen LogP contribution is -2.17. The molecule has 0 aliphatic heterocycles. The van der Waals surface area contributed by atoms with Crippen LogP contribution in [0.1, 0.15) is 34.3 Å². The Morgan fingerprint density at radius 2 is 1.88 bits per heavy atom. The van der Waals surface area contributed by atoms with Crippen molar-refractivity contribution < 1.29 is 35.9 Å². The van der Waals surface area contributed by atoms with Gasteiger partial charge in [-0.05, 0) is 24.3 Å². The van der Waals surface area contributed by atoms with E-state index in [0.29, 0.717) is 0 Å². The van der Waals surface area contributed by atoms with Crippen LogP contribution in [0.5, 0.6) is 5.75 Å². The minimum absolute atomic E-state index is 0.0368. The van der Waals surface area contributed by atoms with E-state index in [1.807, 2.05) is 0 Å². The molecule has 164 valence electrons. The summed E-state index contributed by atoms with van der Waals surface area (Å²) in [5.74, 6) is -4.43. The van der Waals surface area contributed by atoms with E-state index in [-0.39, 0.29) is 29.2 Å². The Morgan fingerprint density at radius 3 is 2.44 bits per heavy atom. The van der Waals surface area contributed by atoms with Crippen LogP contribution in [0.4, 0.5) is 22.0 Å². The second-order valence-electron chi connectivity index (χ2n) is 6.57. The highest BCUT2D eigenvalue weighted by Gasteiger charge is 2.30. The van der Waals surface area contributed by atoms with Crippen molar-refractivity contribution in [3.63, 3.8) is 0 Å². The Balaban J connectivity index is 1.95. The number of amides is 1. The summed E-state index contributed by atoms with van der Waals surface area (Å²) in [6.45, 7) is 3.55. The number of hydrogen-bond acceptors (Lipinski definition) is 4. The van der Waals surface area contributed by atoms with Crippen LogP contribution in [-0.4, -0.2) is 18.7 Å². The second-order valence-corrected chi connectivity index (χ2v) is 6.57. The monoisotopic (exact) mass is 448 g/mol. The van der Waals surface area contributed by atoms with E-state index in [0.717, 1.165) is 24.3 Å². The van der Waals surface area contributed by atoms with Crippen molar-refractivity contribution in [2.24, 2.45) is 5.73 Å². The quantitative estimate of drug-likeness (QED) is 0.334. The molecule has 0 fully saturated rings. The van der Waals surface area contributed by atoms with Crippen molar-refractivity contribution >= 4 is 19.4 Å². The third-order valence-corrected chi connectivity index (χ3v) is 4.38. The Hall–Kier alpha value is -3.63. The lowest BCUT2D eigenvalue weighted by Gasteiger charge is -2.16. The number of carbonyl (C=O) groups is 1. The first kappa shape index (κ1) is 23.0. The number of aromatic nitrogens is 1. The average molecular weight is 448 g/mol. The summed E-state index contributed by atoms with van der Waals surface area (Å²) in [5.41, 5.74) is 3.25. The number of benzene rings is 2. The van der Waals surface area contributed by atoms with Gasteiger partial charge in [-0.1, -0.05) is 18.2 Å². The van der Waals surface area contributed by atoms with Crippen LogP contribution in [0.2, 0.25) is 0 Å². The van der Waals surface area contributed by atoms with Crippen molar-refractivity contribution in [3.05, 3.63) is 77.7 Å². The number of nitrogens with two attached hydrogens (primary N) is 1. The molecule has 32 heavy (non-hydrogen) atoms. The molecular weight excluding hydrogens is 434 g/mol. The first-order valence-electron chi connectivity index (χ1n) is 9.02. The maximum Gasteiger partial charge on any atom is 0.416 e. The fourth-order valence-corrected chi connectivity index (χ4v) is 2.86. The molecule has 1 atom stereocenters. The summed E-state index contributed by atoms with van der Waals surface area (Å²) < 4.78 is 77.4. The number of halogens is 5. The zero-order valence-corrected chi connectivity index (χ0v) is 16.2. The van der Waals surface area contributed by atoms with Crippen LogP contribution in [-0.2, 0) is 6.18 Å². The van der Waals surface area contributed by atoms with E-state index in [4.69, 9.17) is 22.7 Å². The number of carbonyl (C=O) groups excluding carboxylic acids is 1. The van der Waals surface area contributed by atoms with Crippen molar-refractivity contribution in [2.75, 3.05) is 0 Å². The molecule has 0 saturated carbocycles. The molecule has 0 spiro atoms. The summed E-state index contributed by atoms with van der Waals surface area (Å²) in [4.78, 5) is 15.5. The lowest BCUT2D eigenvalue weighted by molar-refractivity contribution is -0.137. The van der Waals surface area contributed by atoms with Crippen LogP contribution in [0.15, 0.2) is 53.5 Å². The highest BCUT2D eigenvalue weighted by molar-refractivity contribution is 6.33. The number of nitrogens with zero attached hydrogens (tertiary/aromatic N) is 1. The summed E-state index contributed by atoms with van der Waals surface area (Å²) in [7, 11) is 5.82. The number of primary amides is 1. The molecule has 3 aromatic rings. The third-order valence-electron chi connectivity index (χ3n) is 4.38. The Bertz CT molecular complexity index is 1160. The van der Waals surface area contributed by atoms with Crippen LogP contribution >= 0.6 is 0 Å². The molecule has 5 nitrogen and oxygen atoms in total. The smallest absolute Gasteiger partial charge is 0.416 e. The van der Waals surface area contributed by atoms with Gasteiger partial charge in [-0.2, -0.15) is 13.2 Å². The first-order valence-corrected chi connectivity index (χ1v) is 9.02. The molecule has 1 amide bonds. The van der Waals surface area contributed by atoms with Gasteiger partial charge in [0.1, 0.15) is 17.1 Å². The van der Waals surface area contributed by atoms with Crippen LogP contribution < -0.4 is 16.1 Å². The molecule has 2 radical (unpaired) electrons. The molecule has 0 aliphatic carbocycles. The van der Waals surface area contributed by atoms with Crippen molar-refractivity contribution in [1.29, 1.82) is 0 Å². The minimum Gasteiger partial charge on any atom is -0.477 e. The molecule has 1 heterocycles. The molecule has 3 rings (SSSR count). The Kier molecular flexibility index (Phi) is 6.38. The van der Waals surface area contributed by atoms with Gasteiger partial charge in [0.2, 0.25) is 5.89 Å². The molecule has 0 aliphatic rings. The number of hydrogen-bond donors (Lipinski definition) is 1. The maximum absolute atomic E-state index is 14.5. The number of oxazole rings is 1. The molecule has 2 N–H and O–H groups in total. The highest BCUT2D eigenvalue weighted by Crippen LogP contribution is 2.32. The predicted molar refractivity (Wildman–Crippen MR) is 105 cm³/mol. The van der Waals surface area contributed by atoms with E-state index in [9.17, 15) is 26.7 Å². The van der Waals surface area contributed by atoms with Gasteiger partial charge >= 0.3 is 6.18 Å². The summed E-state index contributed by atoms with van der Waals surface area (Å²) in [6.07, 6.45) is -4.17.